The second kappa shape index (κ2) is 7.48. The molecule has 2 N–H and O–H groups in total. The van der Waals surface area contributed by atoms with Gasteiger partial charge in [0.2, 0.25) is 5.91 Å². The predicted molar refractivity (Wildman–Crippen MR) is 89.2 cm³/mol. The maximum Gasteiger partial charge on any atom is 0.224 e. The highest BCUT2D eigenvalue weighted by Crippen LogP contribution is 2.29. The van der Waals surface area contributed by atoms with Gasteiger partial charge in [-0.1, -0.05) is 30.1 Å². The molecule has 1 heterocycles. The summed E-state index contributed by atoms with van der Waals surface area (Å²) in [6.45, 7) is 6.12. The first-order valence-electron chi connectivity index (χ1n) is 7.43. The van der Waals surface area contributed by atoms with Crippen molar-refractivity contribution < 1.29 is 4.79 Å². The fourth-order valence-electron chi connectivity index (χ4n) is 2.77. The molecule has 5 heteroatoms. The average Bonchev–Trinajstić information content (AvgIpc) is 2.45. The van der Waals surface area contributed by atoms with E-state index in [9.17, 15) is 4.79 Å². The molecule has 1 saturated heterocycles. The first-order valence-corrected chi connectivity index (χ1v) is 8.19. The van der Waals surface area contributed by atoms with Gasteiger partial charge in [0, 0.05) is 11.4 Å². The lowest BCUT2D eigenvalue weighted by molar-refractivity contribution is -0.117. The van der Waals surface area contributed by atoms with Crippen LogP contribution in [0.2, 0.25) is 10.0 Å². The second-order valence-corrected chi connectivity index (χ2v) is 6.73. The zero-order valence-corrected chi connectivity index (χ0v) is 14.0. The van der Waals surface area contributed by atoms with Crippen molar-refractivity contribution in [2.24, 2.45) is 11.8 Å². The number of hydrogen-bond acceptors (Lipinski definition) is 2. The summed E-state index contributed by atoms with van der Waals surface area (Å²) in [5.41, 5.74) is 1.49. The molecule has 0 saturated carbocycles. The number of carbonyl (C=O) groups is 1. The fourth-order valence-corrected chi connectivity index (χ4v) is 3.20. The number of benzene rings is 1. The molecule has 1 aromatic rings. The minimum atomic E-state index is -0.00473. The van der Waals surface area contributed by atoms with Gasteiger partial charge in [0.25, 0.3) is 0 Å². The third kappa shape index (κ3) is 4.60. The Balaban J connectivity index is 1.93. The van der Waals surface area contributed by atoms with Crippen molar-refractivity contribution in [3.63, 3.8) is 0 Å². The highest BCUT2D eigenvalue weighted by molar-refractivity contribution is 6.36. The van der Waals surface area contributed by atoms with E-state index >= 15 is 0 Å². The standard InChI is InChI=1S/C16H22Cl2N2O/c1-10(12-4-3-5-19-9-12)7-16(21)20-15-8-13(17)11(2)6-14(15)18/h6,8,10,12,19H,3-5,7,9H2,1-2H3,(H,20,21). The lowest BCUT2D eigenvalue weighted by atomic mass is 9.85. The van der Waals surface area contributed by atoms with Gasteiger partial charge in [-0.3, -0.25) is 4.79 Å². The molecule has 0 spiro atoms. The Hall–Kier alpha value is -0.770. The number of hydrogen-bond donors (Lipinski definition) is 2. The molecule has 1 aliphatic rings. The molecular formula is C16H22Cl2N2O. The number of aryl methyl sites for hydroxylation is 1. The highest BCUT2D eigenvalue weighted by Gasteiger charge is 2.22. The quantitative estimate of drug-likeness (QED) is 0.866. The molecule has 1 aromatic carbocycles. The van der Waals surface area contributed by atoms with Gasteiger partial charge in [-0.25, -0.2) is 0 Å². The summed E-state index contributed by atoms with van der Waals surface area (Å²) in [6.07, 6.45) is 2.89. The van der Waals surface area contributed by atoms with E-state index in [1.807, 2.05) is 6.92 Å². The number of piperidine rings is 1. The van der Waals surface area contributed by atoms with Gasteiger partial charge in [-0.2, -0.15) is 0 Å². The molecule has 116 valence electrons. The Morgan fingerprint density at radius 1 is 1.43 bits per heavy atom. The molecule has 0 bridgehead atoms. The zero-order valence-electron chi connectivity index (χ0n) is 12.5. The Morgan fingerprint density at radius 2 is 2.19 bits per heavy atom. The summed E-state index contributed by atoms with van der Waals surface area (Å²) in [5, 5.41) is 7.40. The lowest BCUT2D eigenvalue weighted by Gasteiger charge is -2.28. The summed E-state index contributed by atoms with van der Waals surface area (Å²) < 4.78 is 0. The van der Waals surface area contributed by atoms with Crippen molar-refractivity contribution in [2.75, 3.05) is 18.4 Å². The van der Waals surface area contributed by atoms with Crippen LogP contribution in [0, 0.1) is 18.8 Å². The molecule has 0 aromatic heterocycles. The number of carbonyl (C=O) groups excluding carboxylic acids is 1. The monoisotopic (exact) mass is 328 g/mol. The van der Waals surface area contributed by atoms with Crippen molar-refractivity contribution >= 4 is 34.8 Å². The average molecular weight is 329 g/mol. The number of anilines is 1. The zero-order chi connectivity index (χ0) is 15.4. The van der Waals surface area contributed by atoms with E-state index < -0.39 is 0 Å². The van der Waals surface area contributed by atoms with E-state index in [2.05, 4.69) is 17.6 Å². The normalized spacial score (nSPS) is 20.1. The largest absolute Gasteiger partial charge is 0.325 e. The van der Waals surface area contributed by atoms with Crippen molar-refractivity contribution in [3.05, 3.63) is 27.7 Å². The molecule has 0 radical (unpaired) electrons. The van der Waals surface area contributed by atoms with E-state index in [0.29, 0.717) is 34.0 Å². The van der Waals surface area contributed by atoms with Crippen molar-refractivity contribution in [2.45, 2.75) is 33.1 Å². The van der Waals surface area contributed by atoms with Gasteiger partial charge in [-0.15, -0.1) is 0 Å². The van der Waals surface area contributed by atoms with Crippen molar-refractivity contribution in [1.82, 2.24) is 5.32 Å². The molecule has 2 unspecified atom stereocenters. The summed E-state index contributed by atoms with van der Waals surface area (Å²) >= 11 is 12.2. The van der Waals surface area contributed by atoms with E-state index in [1.165, 1.54) is 12.8 Å². The Labute approximate surface area is 136 Å². The molecule has 1 fully saturated rings. The molecule has 1 aliphatic heterocycles. The van der Waals surface area contributed by atoms with Crippen LogP contribution < -0.4 is 10.6 Å². The third-order valence-electron chi connectivity index (χ3n) is 4.17. The van der Waals surface area contributed by atoms with Crippen molar-refractivity contribution in [3.8, 4) is 0 Å². The highest BCUT2D eigenvalue weighted by atomic mass is 35.5. The smallest absolute Gasteiger partial charge is 0.224 e. The van der Waals surface area contributed by atoms with E-state index in [-0.39, 0.29) is 5.91 Å². The summed E-state index contributed by atoms with van der Waals surface area (Å²) in [4.78, 5) is 12.2. The summed E-state index contributed by atoms with van der Waals surface area (Å²) in [6, 6.07) is 3.48. The Morgan fingerprint density at radius 3 is 2.86 bits per heavy atom. The fraction of sp³-hybridized carbons (Fsp3) is 0.562. The number of nitrogens with one attached hydrogen (secondary N) is 2. The summed E-state index contributed by atoms with van der Waals surface area (Å²) in [5.74, 6) is 0.925. The summed E-state index contributed by atoms with van der Waals surface area (Å²) in [7, 11) is 0. The van der Waals surface area contributed by atoms with Crippen LogP contribution in [0.5, 0.6) is 0 Å². The van der Waals surface area contributed by atoms with E-state index in [0.717, 1.165) is 18.7 Å². The van der Waals surface area contributed by atoms with Gasteiger partial charge in [0.05, 0.1) is 10.7 Å². The minimum Gasteiger partial charge on any atom is -0.325 e. The van der Waals surface area contributed by atoms with E-state index in [1.54, 1.807) is 12.1 Å². The van der Waals surface area contributed by atoms with Crippen LogP contribution in [0.25, 0.3) is 0 Å². The third-order valence-corrected chi connectivity index (χ3v) is 4.89. The maximum absolute atomic E-state index is 12.2. The minimum absolute atomic E-state index is 0.00473. The SMILES string of the molecule is Cc1cc(Cl)c(NC(=O)CC(C)C2CCCNC2)cc1Cl. The van der Waals surface area contributed by atoms with Gasteiger partial charge in [-0.05, 0) is 62.4 Å². The van der Waals surface area contributed by atoms with Gasteiger partial charge >= 0.3 is 0 Å². The van der Waals surface area contributed by atoms with Crippen LogP contribution in [-0.4, -0.2) is 19.0 Å². The molecule has 2 atom stereocenters. The topological polar surface area (TPSA) is 41.1 Å². The van der Waals surface area contributed by atoms with Crippen LogP contribution >= 0.6 is 23.2 Å². The Bertz CT molecular complexity index is 513. The van der Waals surface area contributed by atoms with Crippen LogP contribution in [0.3, 0.4) is 0 Å². The number of amides is 1. The molecular weight excluding hydrogens is 307 g/mol. The van der Waals surface area contributed by atoms with Crippen LogP contribution in [-0.2, 0) is 4.79 Å². The molecule has 1 amide bonds. The van der Waals surface area contributed by atoms with Crippen LogP contribution in [0.15, 0.2) is 12.1 Å². The molecule has 0 aliphatic carbocycles. The molecule has 21 heavy (non-hydrogen) atoms. The molecule has 2 rings (SSSR count). The lowest BCUT2D eigenvalue weighted by Crippen LogP contribution is -2.34. The Kier molecular flexibility index (Phi) is 5.91. The van der Waals surface area contributed by atoms with E-state index in [4.69, 9.17) is 23.2 Å². The number of halogens is 2. The van der Waals surface area contributed by atoms with Gasteiger partial charge in [0.1, 0.15) is 0 Å². The van der Waals surface area contributed by atoms with Gasteiger partial charge < -0.3 is 10.6 Å². The van der Waals surface area contributed by atoms with Crippen LogP contribution in [0.1, 0.15) is 31.7 Å². The van der Waals surface area contributed by atoms with Gasteiger partial charge in [0.15, 0.2) is 0 Å². The number of rotatable bonds is 4. The second-order valence-electron chi connectivity index (χ2n) is 5.92. The van der Waals surface area contributed by atoms with Crippen molar-refractivity contribution in [1.29, 1.82) is 0 Å². The molecule has 3 nitrogen and oxygen atoms in total. The van der Waals surface area contributed by atoms with Crippen LogP contribution in [0.4, 0.5) is 5.69 Å². The first-order chi connectivity index (χ1) is 9.97. The first kappa shape index (κ1) is 16.6. The maximum atomic E-state index is 12.2. The predicted octanol–water partition coefficient (Wildman–Crippen LogP) is 4.27.